The molecule has 0 spiro atoms. The summed E-state index contributed by atoms with van der Waals surface area (Å²) in [5, 5.41) is 0. The van der Waals surface area contributed by atoms with Gasteiger partial charge in [-0.25, -0.2) is 8.42 Å². The van der Waals surface area contributed by atoms with Crippen LogP contribution in [0.2, 0.25) is 0 Å². The van der Waals surface area contributed by atoms with E-state index < -0.39 is 15.9 Å². The second-order valence-electron chi connectivity index (χ2n) is 4.28. The second-order valence-corrected chi connectivity index (χ2v) is 6.88. The minimum absolute atomic E-state index is 0.0538. The Morgan fingerprint density at radius 1 is 1.24 bits per heavy atom. The number of aromatic nitrogens is 1. The maximum absolute atomic E-state index is 12.2. The number of nitrogens with zero attached hydrogens (tertiary/aromatic N) is 1. The topological polar surface area (TPSA) is 102 Å². The largest absolute Gasteiger partial charge is 0.369 e. The van der Waals surface area contributed by atoms with E-state index in [4.69, 9.17) is 5.73 Å². The molecule has 6 nitrogen and oxygen atoms in total. The monoisotopic (exact) mass is 369 g/mol. The third-order valence-corrected chi connectivity index (χ3v) is 4.36. The van der Waals surface area contributed by atoms with Gasteiger partial charge in [0.1, 0.15) is 4.90 Å². The number of carbonyl (C=O) groups is 1. The van der Waals surface area contributed by atoms with E-state index in [2.05, 4.69) is 25.6 Å². The number of sulfonamides is 1. The summed E-state index contributed by atoms with van der Waals surface area (Å²) in [7, 11) is -3.71. The van der Waals surface area contributed by atoms with Crippen molar-refractivity contribution in [1.82, 2.24) is 4.98 Å². The molecule has 0 fully saturated rings. The van der Waals surface area contributed by atoms with E-state index >= 15 is 0 Å². The van der Waals surface area contributed by atoms with E-state index in [9.17, 15) is 13.2 Å². The van der Waals surface area contributed by atoms with Crippen LogP contribution in [0, 0.1) is 0 Å². The van der Waals surface area contributed by atoms with E-state index in [0.29, 0.717) is 10.2 Å². The predicted octanol–water partition coefficient (Wildman–Crippen LogP) is 1.67. The second kappa shape index (κ2) is 6.23. The molecule has 0 atom stereocenters. The SMILES string of the molecule is NC(=O)Cc1ccc(NS(=O)(=O)c2cncc(Br)c2)cc1. The van der Waals surface area contributed by atoms with E-state index in [1.807, 2.05) is 0 Å². The Hall–Kier alpha value is -1.93. The molecule has 0 aliphatic carbocycles. The van der Waals surface area contributed by atoms with Crippen LogP contribution < -0.4 is 10.5 Å². The van der Waals surface area contributed by atoms with E-state index in [1.165, 1.54) is 18.5 Å². The summed E-state index contributed by atoms with van der Waals surface area (Å²) in [5.41, 5.74) is 6.20. The Kier molecular flexibility index (Phi) is 4.59. The minimum Gasteiger partial charge on any atom is -0.369 e. The Bertz CT molecular complexity index is 760. The summed E-state index contributed by atoms with van der Waals surface area (Å²) < 4.78 is 27.3. The Morgan fingerprint density at radius 2 is 1.90 bits per heavy atom. The number of rotatable bonds is 5. The third kappa shape index (κ3) is 4.27. The van der Waals surface area contributed by atoms with E-state index in [-0.39, 0.29) is 11.3 Å². The van der Waals surface area contributed by atoms with Crippen molar-refractivity contribution in [2.75, 3.05) is 4.72 Å². The highest BCUT2D eigenvalue weighted by atomic mass is 79.9. The number of hydrogen-bond acceptors (Lipinski definition) is 4. The summed E-state index contributed by atoms with van der Waals surface area (Å²) in [6, 6.07) is 7.88. The summed E-state index contributed by atoms with van der Waals surface area (Å²) in [4.78, 5) is 14.7. The van der Waals surface area contributed by atoms with Gasteiger partial charge in [0.15, 0.2) is 0 Å². The number of halogens is 1. The van der Waals surface area contributed by atoms with Crippen molar-refractivity contribution in [3.8, 4) is 0 Å². The van der Waals surface area contributed by atoms with Crippen LogP contribution in [0.5, 0.6) is 0 Å². The number of anilines is 1. The van der Waals surface area contributed by atoms with Gasteiger partial charge < -0.3 is 5.73 Å². The van der Waals surface area contributed by atoms with Crippen LogP contribution >= 0.6 is 15.9 Å². The quantitative estimate of drug-likeness (QED) is 0.836. The van der Waals surface area contributed by atoms with Crippen molar-refractivity contribution in [3.05, 3.63) is 52.8 Å². The average Bonchev–Trinajstić information content (AvgIpc) is 2.40. The number of nitrogens with two attached hydrogens (primary N) is 1. The van der Waals surface area contributed by atoms with Crippen LogP contribution in [0.15, 0.2) is 52.1 Å². The lowest BCUT2D eigenvalue weighted by Crippen LogP contribution is -2.14. The Labute approximate surface area is 130 Å². The maximum atomic E-state index is 12.2. The van der Waals surface area contributed by atoms with Crippen LogP contribution in [0.25, 0.3) is 0 Å². The molecular formula is C13H12BrN3O3S. The molecule has 0 saturated carbocycles. The van der Waals surface area contributed by atoms with Gasteiger partial charge in [-0.2, -0.15) is 0 Å². The highest BCUT2D eigenvalue weighted by Crippen LogP contribution is 2.18. The van der Waals surface area contributed by atoms with Crippen LogP contribution in [0.4, 0.5) is 5.69 Å². The molecular weight excluding hydrogens is 358 g/mol. The first-order valence-electron chi connectivity index (χ1n) is 5.87. The molecule has 1 amide bonds. The third-order valence-electron chi connectivity index (χ3n) is 2.57. The zero-order valence-electron chi connectivity index (χ0n) is 10.8. The fourth-order valence-corrected chi connectivity index (χ4v) is 3.21. The molecule has 0 saturated heterocycles. The summed E-state index contributed by atoms with van der Waals surface area (Å²) >= 11 is 3.17. The fourth-order valence-electron chi connectivity index (χ4n) is 1.65. The van der Waals surface area contributed by atoms with E-state index in [1.54, 1.807) is 24.3 Å². The highest BCUT2D eigenvalue weighted by molar-refractivity contribution is 9.10. The number of amides is 1. The molecule has 21 heavy (non-hydrogen) atoms. The lowest BCUT2D eigenvalue weighted by Gasteiger charge is -2.08. The Morgan fingerprint density at radius 3 is 2.48 bits per heavy atom. The Balaban J connectivity index is 2.19. The zero-order chi connectivity index (χ0) is 15.5. The van der Waals surface area contributed by atoms with Gasteiger partial charge in [-0.05, 0) is 39.7 Å². The van der Waals surface area contributed by atoms with Crippen molar-refractivity contribution < 1.29 is 13.2 Å². The van der Waals surface area contributed by atoms with Gasteiger partial charge in [-0.3, -0.25) is 14.5 Å². The smallest absolute Gasteiger partial charge is 0.263 e. The normalized spacial score (nSPS) is 11.1. The molecule has 0 unspecified atom stereocenters. The lowest BCUT2D eigenvalue weighted by molar-refractivity contribution is -0.117. The highest BCUT2D eigenvalue weighted by Gasteiger charge is 2.15. The van der Waals surface area contributed by atoms with Crippen LogP contribution in [0.3, 0.4) is 0 Å². The molecule has 2 aromatic rings. The summed E-state index contributed by atoms with van der Waals surface area (Å²) in [5.74, 6) is -0.441. The molecule has 0 aliphatic heterocycles. The fraction of sp³-hybridized carbons (Fsp3) is 0.0769. The van der Waals surface area contributed by atoms with Gasteiger partial charge in [0.05, 0.1) is 6.42 Å². The zero-order valence-corrected chi connectivity index (χ0v) is 13.2. The van der Waals surface area contributed by atoms with Crippen molar-refractivity contribution in [2.24, 2.45) is 5.73 Å². The molecule has 110 valence electrons. The van der Waals surface area contributed by atoms with Crippen molar-refractivity contribution in [2.45, 2.75) is 11.3 Å². The number of pyridine rings is 1. The van der Waals surface area contributed by atoms with Gasteiger partial charge >= 0.3 is 0 Å². The predicted molar refractivity (Wildman–Crippen MR) is 82.1 cm³/mol. The first kappa shape index (κ1) is 15.5. The van der Waals surface area contributed by atoms with Crippen LogP contribution in [0.1, 0.15) is 5.56 Å². The van der Waals surface area contributed by atoms with Gasteiger partial charge in [-0.1, -0.05) is 12.1 Å². The van der Waals surface area contributed by atoms with Gasteiger partial charge in [0.25, 0.3) is 10.0 Å². The number of nitrogens with one attached hydrogen (secondary N) is 1. The molecule has 1 heterocycles. The first-order valence-corrected chi connectivity index (χ1v) is 8.15. The molecule has 2 rings (SSSR count). The standard InChI is InChI=1S/C13H12BrN3O3S/c14-10-6-12(8-16-7-10)21(19,20)17-11-3-1-9(2-4-11)5-13(15)18/h1-4,6-8,17H,5H2,(H2,15,18). The number of primary amides is 1. The molecule has 3 N–H and O–H groups in total. The lowest BCUT2D eigenvalue weighted by atomic mass is 10.1. The van der Waals surface area contributed by atoms with E-state index in [0.717, 1.165) is 5.56 Å². The number of hydrogen-bond donors (Lipinski definition) is 2. The van der Waals surface area contributed by atoms with Gasteiger partial charge in [-0.15, -0.1) is 0 Å². The molecule has 1 aromatic heterocycles. The molecule has 0 bridgehead atoms. The van der Waals surface area contributed by atoms with Crippen LogP contribution in [-0.4, -0.2) is 19.3 Å². The average molecular weight is 370 g/mol. The van der Waals surface area contributed by atoms with Crippen molar-refractivity contribution in [3.63, 3.8) is 0 Å². The molecule has 1 aromatic carbocycles. The number of carbonyl (C=O) groups excluding carboxylic acids is 1. The molecule has 8 heteroatoms. The van der Waals surface area contributed by atoms with Gasteiger partial charge in [0.2, 0.25) is 5.91 Å². The first-order chi connectivity index (χ1) is 9.87. The van der Waals surface area contributed by atoms with Gasteiger partial charge in [0, 0.05) is 22.6 Å². The van der Waals surface area contributed by atoms with Crippen molar-refractivity contribution in [1.29, 1.82) is 0 Å². The summed E-state index contributed by atoms with van der Waals surface area (Å²) in [6.45, 7) is 0. The summed E-state index contributed by atoms with van der Waals surface area (Å²) in [6.07, 6.45) is 2.87. The van der Waals surface area contributed by atoms with Crippen molar-refractivity contribution >= 4 is 37.5 Å². The molecule has 0 radical (unpaired) electrons. The number of benzene rings is 1. The molecule has 0 aliphatic rings. The minimum atomic E-state index is -3.71. The maximum Gasteiger partial charge on any atom is 0.263 e. The van der Waals surface area contributed by atoms with Crippen LogP contribution in [-0.2, 0) is 21.2 Å².